The fraction of sp³-hybridized carbons (Fsp3) is 0.343. The van der Waals surface area contributed by atoms with Crippen LogP contribution in [0.1, 0.15) is 42.4 Å². The molecule has 0 spiro atoms. The number of amides is 1. The van der Waals surface area contributed by atoms with Gasteiger partial charge in [0.2, 0.25) is 11.8 Å². The second-order valence-electron chi connectivity index (χ2n) is 11.1. The van der Waals surface area contributed by atoms with Crippen LogP contribution in [-0.2, 0) is 0 Å². The number of piperidine rings is 1. The summed E-state index contributed by atoms with van der Waals surface area (Å²) in [4.78, 5) is 24.8. The van der Waals surface area contributed by atoms with E-state index in [2.05, 4.69) is 33.5 Å². The molecule has 3 aromatic carbocycles. The molecule has 9 nitrogen and oxygen atoms in total. The van der Waals surface area contributed by atoms with Crippen LogP contribution in [0.3, 0.4) is 0 Å². The molecule has 1 amide bonds. The number of hydrogen-bond acceptors (Lipinski definition) is 8. The molecule has 1 aliphatic rings. The molecule has 0 unspecified atom stereocenters. The van der Waals surface area contributed by atoms with Crippen LogP contribution in [0.2, 0.25) is 0 Å². The molecule has 230 valence electrons. The van der Waals surface area contributed by atoms with Gasteiger partial charge in [0.05, 0.1) is 25.1 Å². The average Bonchev–Trinajstić information content (AvgIpc) is 3.02. The summed E-state index contributed by atoms with van der Waals surface area (Å²) in [6.07, 6.45) is 4.22. The minimum atomic E-state index is -0.691. The van der Waals surface area contributed by atoms with Crippen LogP contribution in [0.25, 0.3) is 11.3 Å². The van der Waals surface area contributed by atoms with E-state index in [1.54, 1.807) is 19.2 Å². The molecule has 2 heterocycles. The number of nitrogens with zero attached hydrogens (tertiary/aromatic N) is 3. The first-order valence-corrected chi connectivity index (χ1v) is 15.2. The maximum atomic E-state index is 13.0. The van der Waals surface area contributed by atoms with Crippen LogP contribution in [0, 0.1) is 20.8 Å². The molecule has 1 fully saturated rings. The van der Waals surface area contributed by atoms with Gasteiger partial charge in [-0.05, 0) is 94.1 Å². The molecule has 1 saturated heterocycles. The Balaban J connectivity index is 1.32. The summed E-state index contributed by atoms with van der Waals surface area (Å²) in [7, 11) is 1.56. The first-order chi connectivity index (χ1) is 21.4. The van der Waals surface area contributed by atoms with Gasteiger partial charge in [0.1, 0.15) is 11.5 Å². The van der Waals surface area contributed by atoms with Crippen LogP contribution >= 0.6 is 0 Å². The molecule has 0 bridgehead atoms. The van der Waals surface area contributed by atoms with Gasteiger partial charge in [0.15, 0.2) is 0 Å². The summed E-state index contributed by atoms with van der Waals surface area (Å²) >= 11 is 0. The third kappa shape index (κ3) is 8.26. The van der Waals surface area contributed by atoms with Gasteiger partial charge < -0.3 is 24.4 Å². The summed E-state index contributed by atoms with van der Waals surface area (Å²) in [5.41, 5.74) is 6.03. The number of likely N-dealkylation sites (tertiary alicyclic amines) is 1. The fourth-order valence-electron chi connectivity index (χ4n) is 5.29. The number of nitrogens with one attached hydrogen (secondary N) is 2. The van der Waals surface area contributed by atoms with Crippen LogP contribution in [0.15, 0.2) is 66.7 Å². The molecule has 9 heteroatoms. The molecule has 0 saturated carbocycles. The van der Waals surface area contributed by atoms with E-state index in [-0.39, 0.29) is 5.88 Å². The topological polar surface area (TPSA) is 97.8 Å². The number of hydrogen-bond donors (Lipinski definition) is 2. The second kappa shape index (κ2) is 14.7. The number of aromatic nitrogens is 2. The molecule has 0 atom stereocenters. The molecule has 0 radical (unpaired) electrons. The summed E-state index contributed by atoms with van der Waals surface area (Å²) in [6, 6.07) is 20.9. The average molecular weight is 596 g/mol. The van der Waals surface area contributed by atoms with Crippen LogP contribution in [0.4, 0.5) is 22.1 Å². The van der Waals surface area contributed by atoms with Crippen LogP contribution in [-0.4, -0.2) is 54.3 Å². The third-order valence-corrected chi connectivity index (χ3v) is 7.80. The molecular formula is C35H41N5O4. The van der Waals surface area contributed by atoms with Gasteiger partial charge in [-0.1, -0.05) is 36.8 Å². The Hall–Kier alpha value is -4.63. The Morgan fingerprint density at radius 2 is 1.75 bits per heavy atom. The van der Waals surface area contributed by atoms with E-state index in [1.807, 2.05) is 62.4 Å². The molecule has 1 aliphatic heterocycles. The number of rotatable bonds is 11. The number of carbonyl (C=O) groups excluding carboxylic acids is 1. The number of aryl methyl sites for hydroxylation is 2. The minimum absolute atomic E-state index is 0.104. The number of benzene rings is 3. The summed E-state index contributed by atoms with van der Waals surface area (Å²) < 4.78 is 17.1. The fourth-order valence-corrected chi connectivity index (χ4v) is 5.29. The lowest BCUT2D eigenvalue weighted by Gasteiger charge is -2.26. The van der Waals surface area contributed by atoms with Crippen molar-refractivity contribution in [1.29, 1.82) is 0 Å². The predicted octanol–water partition coefficient (Wildman–Crippen LogP) is 7.69. The van der Waals surface area contributed by atoms with Crippen molar-refractivity contribution in [1.82, 2.24) is 14.9 Å². The Morgan fingerprint density at radius 1 is 0.932 bits per heavy atom. The number of methoxy groups -OCH3 is 1. The molecule has 4 aromatic rings. The van der Waals surface area contributed by atoms with E-state index in [0.717, 1.165) is 46.7 Å². The molecule has 5 rings (SSSR count). The van der Waals surface area contributed by atoms with Crippen molar-refractivity contribution in [2.45, 2.75) is 46.5 Å². The highest BCUT2D eigenvalue weighted by molar-refractivity contribution is 5.88. The minimum Gasteiger partial charge on any atom is -0.495 e. The zero-order chi connectivity index (χ0) is 30.9. The van der Waals surface area contributed by atoms with E-state index in [9.17, 15) is 4.79 Å². The van der Waals surface area contributed by atoms with Crippen molar-refractivity contribution in [3.05, 3.63) is 83.4 Å². The highest BCUT2D eigenvalue weighted by Crippen LogP contribution is 2.30. The maximum absolute atomic E-state index is 13.0. The first-order valence-electron chi connectivity index (χ1n) is 15.2. The SMILES string of the molecule is COc1cc(C)ccc1NC(=O)Oc1cc(-c2cccc(C)c2C)nc(Nc2cccc(OCCCN3CCCCC3)c2)n1. The molecule has 2 N–H and O–H groups in total. The van der Waals surface area contributed by atoms with E-state index < -0.39 is 6.09 Å². The van der Waals surface area contributed by atoms with E-state index in [1.165, 1.54) is 32.4 Å². The highest BCUT2D eigenvalue weighted by atomic mass is 16.6. The third-order valence-electron chi connectivity index (χ3n) is 7.80. The van der Waals surface area contributed by atoms with Gasteiger partial charge in [0, 0.05) is 29.9 Å². The summed E-state index contributed by atoms with van der Waals surface area (Å²) in [5.74, 6) is 1.70. The van der Waals surface area contributed by atoms with Gasteiger partial charge >= 0.3 is 6.09 Å². The van der Waals surface area contributed by atoms with Gasteiger partial charge in [0.25, 0.3) is 0 Å². The lowest BCUT2D eigenvalue weighted by molar-refractivity contribution is 0.205. The molecule has 0 aliphatic carbocycles. The quantitative estimate of drug-likeness (QED) is 0.170. The lowest BCUT2D eigenvalue weighted by atomic mass is 10.0. The van der Waals surface area contributed by atoms with Crippen molar-refractivity contribution in [2.75, 3.05) is 44.0 Å². The van der Waals surface area contributed by atoms with Gasteiger partial charge in [-0.25, -0.2) is 9.78 Å². The first kappa shape index (κ1) is 30.8. The van der Waals surface area contributed by atoms with E-state index in [4.69, 9.17) is 19.2 Å². The smallest absolute Gasteiger partial charge is 0.418 e. The second-order valence-corrected chi connectivity index (χ2v) is 11.1. The lowest BCUT2D eigenvalue weighted by Crippen LogP contribution is -2.31. The van der Waals surface area contributed by atoms with Crippen molar-refractivity contribution in [3.8, 4) is 28.6 Å². The molecule has 1 aromatic heterocycles. The number of carbonyl (C=O) groups is 1. The zero-order valence-electron chi connectivity index (χ0n) is 26.0. The van der Waals surface area contributed by atoms with Crippen molar-refractivity contribution in [3.63, 3.8) is 0 Å². The highest BCUT2D eigenvalue weighted by Gasteiger charge is 2.16. The number of ether oxygens (including phenoxy) is 3. The normalized spacial score (nSPS) is 13.3. The number of anilines is 3. The molecular weight excluding hydrogens is 554 g/mol. The van der Waals surface area contributed by atoms with Gasteiger partial charge in [-0.2, -0.15) is 4.98 Å². The standard InChI is InChI=1S/C35H41N5O4/c1-24-15-16-30(32(21-24)42-4)38-35(41)44-33-23-31(29-14-8-11-25(2)26(29)3)37-34(39-33)36-27-12-9-13-28(22-27)43-20-10-19-40-17-6-5-7-18-40/h8-9,11-16,21-23H,5-7,10,17-20H2,1-4H3,(H,38,41)(H,36,37,39). The van der Waals surface area contributed by atoms with E-state index in [0.29, 0.717) is 29.7 Å². The van der Waals surface area contributed by atoms with E-state index >= 15 is 0 Å². The Kier molecular flexibility index (Phi) is 10.3. The van der Waals surface area contributed by atoms with Gasteiger partial charge in [-0.3, -0.25) is 5.32 Å². The van der Waals surface area contributed by atoms with Crippen molar-refractivity contribution < 1.29 is 19.0 Å². The summed E-state index contributed by atoms with van der Waals surface area (Å²) in [6.45, 7) is 10.1. The van der Waals surface area contributed by atoms with Crippen LogP contribution < -0.4 is 24.8 Å². The van der Waals surface area contributed by atoms with Crippen molar-refractivity contribution >= 4 is 23.4 Å². The Labute approximate surface area is 259 Å². The predicted molar refractivity (Wildman–Crippen MR) is 174 cm³/mol. The Morgan fingerprint density at radius 3 is 2.57 bits per heavy atom. The zero-order valence-corrected chi connectivity index (χ0v) is 26.0. The Bertz CT molecular complexity index is 1590. The monoisotopic (exact) mass is 595 g/mol. The van der Waals surface area contributed by atoms with Crippen LogP contribution in [0.5, 0.6) is 17.4 Å². The molecule has 44 heavy (non-hydrogen) atoms. The largest absolute Gasteiger partial charge is 0.495 e. The maximum Gasteiger partial charge on any atom is 0.418 e. The van der Waals surface area contributed by atoms with Crippen molar-refractivity contribution in [2.24, 2.45) is 0 Å². The van der Waals surface area contributed by atoms with Gasteiger partial charge in [-0.15, -0.1) is 0 Å². The summed E-state index contributed by atoms with van der Waals surface area (Å²) in [5, 5.41) is 6.03.